The maximum absolute atomic E-state index is 12.0. The van der Waals surface area contributed by atoms with Gasteiger partial charge in [0.1, 0.15) is 11.5 Å². The number of nitrogens with one attached hydrogen (secondary N) is 2. The van der Waals surface area contributed by atoms with Crippen molar-refractivity contribution in [1.29, 1.82) is 0 Å². The van der Waals surface area contributed by atoms with Crippen molar-refractivity contribution in [2.24, 2.45) is 0 Å². The standard InChI is InChI=1S/C24H18N2O3/c27-23(18-8-2-1-3-9-18)26-24(28)25-19-13-15-20(16-14-19)29-22-12-6-10-17-7-4-5-11-21(17)22/h1-16H,(H2,25,26,27,28). The highest BCUT2D eigenvalue weighted by molar-refractivity contribution is 6.07. The van der Waals surface area contributed by atoms with E-state index in [1.807, 2.05) is 42.5 Å². The van der Waals surface area contributed by atoms with Crippen molar-refractivity contribution >= 4 is 28.4 Å². The molecule has 2 N–H and O–H groups in total. The molecule has 29 heavy (non-hydrogen) atoms. The van der Waals surface area contributed by atoms with Gasteiger partial charge in [0.15, 0.2) is 0 Å². The Morgan fingerprint density at radius 2 is 1.38 bits per heavy atom. The van der Waals surface area contributed by atoms with Crippen LogP contribution in [0, 0.1) is 0 Å². The average molecular weight is 382 g/mol. The molecule has 3 amide bonds. The van der Waals surface area contributed by atoms with Gasteiger partial charge in [-0.25, -0.2) is 4.79 Å². The fourth-order valence-electron chi connectivity index (χ4n) is 2.95. The number of urea groups is 1. The normalized spacial score (nSPS) is 10.3. The van der Waals surface area contributed by atoms with Crippen LogP contribution < -0.4 is 15.4 Å². The van der Waals surface area contributed by atoms with Gasteiger partial charge in [-0.3, -0.25) is 10.1 Å². The van der Waals surface area contributed by atoms with Crippen molar-refractivity contribution in [3.8, 4) is 11.5 Å². The molecule has 0 aliphatic heterocycles. The number of benzene rings is 4. The highest BCUT2D eigenvalue weighted by Crippen LogP contribution is 2.30. The van der Waals surface area contributed by atoms with Crippen molar-refractivity contribution in [1.82, 2.24) is 5.32 Å². The SMILES string of the molecule is O=C(NC(=O)c1ccccc1)Nc1ccc(Oc2cccc3ccccc23)cc1. The Morgan fingerprint density at radius 3 is 2.17 bits per heavy atom. The van der Waals surface area contributed by atoms with Crippen molar-refractivity contribution in [3.05, 3.63) is 103 Å². The number of fused-ring (bicyclic) bond motifs is 1. The van der Waals surface area contributed by atoms with Crippen LogP contribution in [0.1, 0.15) is 10.4 Å². The molecule has 5 nitrogen and oxygen atoms in total. The van der Waals surface area contributed by atoms with Gasteiger partial charge < -0.3 is 10.1 Å². The van der Waals surface area contributed by atoms with Crippen molar-refractivity contribution in [2.75, 3.05) is 5.32 Å². The van der Waals surface area contributed by atoms with E-state index in [4.69, 9.17) is 4.74 Å². The van der Waals surface area contributed by atoms with E-state index >= 15 is 0 Å². The molecule has 4 rings (SSSR count). The van der Waals surface area contributed by atoms with Crippen LogP contribution in [0.3, 0.4) is 0 Å². The molecule has 0 aliphatic rings. The highest BCUT2D eigenvalue weighted by atomic mass is 16.5. The van der Waals surface area contributed by atoms with Crippen molar-refractivity contribution in [2.45, 2.75) is 0 Å². The minimum Gasteiger partial charge on any atom is -0.457 e. The van der Waals surface area contributed by atoms with E-state index in [-0.39, 0.29) is 0 Å². The van der Waals surface area contributed by atoms with Gasteiger partial charge in [0.2, 0.25) is 0 Å². The Bertz CT molecular complexity index is 1150. The summed E-state index contributed by atoms with van der Waals surface area (Å²) in [5.41, 5.74) is 0.968. The molecule has 0 saturated heterocycles. The van der Waals surface area contributed by atoms with E-state index in [2.05, 4.69) is 10.6 Å². The molecule has 0 aliphatic carbocycles. The van der Waals surface area contributed by atoms with Crippen LogP contribution in [-0.2, 0) is 0 Å². The number of carbonyl (C=O) groups is 2. The van der Waals surface area contributed by atoms with E-state index in [1.54, 1.807) is 54.6 Å². The van der Waals surface area contributed by atoms with E-state index in [0.717, 1.165) is 16.5 Å². The predicted molar refractivity (Wildman–Crippen MR) is 113 cm³/mol. The summed E-state index contributed by atoms with van der Waals surface area (Å²) < 4.78 is 5.99. The number of carbonyl (C=O) groups excluding carboxylic acids is 2. The zero-order valence-electron chi connectivity index (χ0n) is 15.5. The number of imide groups is 1. The molecule has 0 unspecified atom stereocenters. The third kappa shape index (κ3) is 4.42. The summed E-state index contributed by atoms with van der Waals surface area (Å²) in [6, 6.07) is 28.8. The van der Waals surface area contributed by atoms with Crippen molar-refractivity contribution in [3.63, 3.8) is 0 Å². The van der Waals surface area contributed by atoms with Crippen LogP contribution in [0.15, 0.2) is 97.1 Å². The first-order valence-corrected chi connectivity index (χ1v) is 9.12. The fraction of sp³-hybridized carbons (Fsp3) is 0. The van der Waals surface area contributed by atoms with Crippen LogP contribution in [0.4, 0.5) is 10.5 Å². The predicted octanol–water partition coefficient (Wildman–Crippen LogP) is 5.59. The lowest BCUT2D eigenvalue weighted by molar-refractivity contribution is 0.0967. The van der Waals surface area contributed by atoms with Crippen LogP contribution in [0.5, 0.6) is 11.5 Å². The zero-order valence-corrected chi connectivity index (χ0v) is 15.5. The molecule has 142 valence electrons. The lowest BCUT2D eigenvalue weighted by Crippen LogP contribution is -2.34. The van der Waals surface area contributed by atoms with Gasteiger partial charge in [-0.15, -0.1) is 0 Å². The van der Waals surface area contributed by atoms with Gasteiger partial charge in [-0.2, -0.15) is 0 Å². The molecule has 4 aromatic rings. The molecule has 0 fully saturated rings. The number of ether oxygens (including phenoxy) is 1. The molecule has 0 atom stereocenters. The molecule has 0 saturated carbocycles. The van der Waals surface area contributed by atoms with Crippen LogP contribution >= 0.6 is 0 Å². The Morgan fingerprint density at radius 1 is 0.690 bits per heavy atom. The number of rotatable bonds is 4. The summed E-state index contributed by atoms with van der Waals surface area (Å²) >= 11 is 0. The second-order valence-corrected chi connectivity index (χ2v) is 6.38. The number of hydrogen-bond acceptors (Lipinski definition) is 3. The Kier molecular flexibility index (Phi) is 5.21. The average Bonchev–Trinajstić information content (AvgIpc) is 2.76. The minimum absolute atomic E-state index is 0.418. The molecule has 4 aromatic carbocycles. The third-order valence-corrected chi connectivity index (χ3v) is 4.35. The quantitative estimate of drug-likeness (QED) is 0.483. The first-order chi connectivity index (χ1) is 14.2. The number of anilines is 1. The summed E-state index contributed by atoms with van der Waals surface area (Å²) in [5, 5.41) is 7.06. The topological polar surface area (TPSA) is 67.4 Å². The zero-order chi connectivity index (χ0) is 20.1. The molecule has 0 aromatic heterocycles. The second kappa shape index (κ2) is 8.27. The molecule has 0 heterocycles. The number of hydrogen-bond donors (Lipinski definition) is 2. The highest BCUT2D eigenvalue weighted by Gasteiger charge is 2.10. The molecule has 0 bridgehead atoms. The summed E-state index contributed by atoms with van der Waals surface area (Å²) in [5.74, 6) is 0.946. The summed E-state index contributed by atoms with van der Waals surface area (Å²) in [7, 11) is 0. The van der Waals surface area contributed by atoms with Gasteiger partial charge in [0.25, 0.3) is 5.91 Å². The maximum atomic E-state index is 12.0. The van der Waals surface area contributed by atoms with Gasteiger partial charge in [0, 0.05) is 16.6 Å². The van der Waals surface area contributed by atoms with Gasteiger partial charge in [-0.1, -0.05) is 54.6 Å². The second-order valence-electron chi connectivity index (χ2n) is 6.38. The first kappa shape index (κ1) is 18.3. The Hall–Kier alpha value is -4.12. The largest absolute Gasteiger partial charge is 0.457 e. The molecule has 0 spiro atoms. The van der Waals surface area contributed by atoms with Crippen LogP contribution in [-0.4, -0.2) is 11.9 Å². The van der Waals surface area contributed by atoms with Gasteiger partial charge in [-0.05, 0) is 47.9 Å². The van der Waals surface area contributed by atoms with Gasteiger partial charge >= 0.3 is 6.03 Å². The van der Waals surface area contributed by atoms with E-state index in [0.29, 0.717) is 17.0 Å². The Balaban J connectivity index is 1.40. The van der Waals surface area contributed by atoms with E-state index < -0.39 is 11.9 Å². The molecular weight excluding hydrogens is 364 g/mol. The van der Waals surface area contributed by atoms with Crippen molar-refractivity contribution < 1.29 is 14.3 Å². The van der Waals surface area contributed by atoms with Crippen LogP contribution in [0.25, 0.3) is 10.8 Å². The maximum Gasteiger partial charge on any atom is 0.326 e. The fourth-order valence-corrected chi connectivity index (χ4v) is 2.95. The monoisotopic (exact) mass is 382 g/mol. The molecular formula is C24H18N2O3. The smallest absolute Gasteiger partial charge is 0.326 e. The number of amides is 3. The van der Waals surface area contributed by atoms with Gasteiger partial charge in [0.05, 0.1) is 0 Å². The van der Waals surface area contributed by atoms with Crippen LogP contribution in [0.2, 0.25) is 0 Å². The first-order valence-electron chi connectivity index (χ1n) is 9.12. The lowest BCUT2D eigenvalue weighted by atomic mass is 10.1. The lowest BCUT2D eigenvalue weighted by Gasteiger charge is -2.10. The Labute approximate surface area is 167 Å². The molecule has 0 radical (unpaired) electrons. The molecule has 5 heteroatoms. The minimum atomic E-state index is -0.596. The summed E-state index contributed by atoms with van der Waals surface area (Å²) in [4.78, 5) is 24.1. The van der Waals surface area contributed by atoms with E-state index in [9.17, 15) is 9.59 Å². The summed E-state index contributed by atoms with van der Waals surface area (Å²) in [6.45, 7) is 0. The van der Waals surface area contributed by atoms with E-state index in [1.165, 1.54) is 0 Å². The third-order valence-electron chi connectivity index (χ3n) is 4.35. The summed E-state index contributed by atoms with van der Waals surface area (Å²) in [6.07, 6.45) is 0.